The lowest BCUT2D eigenvalue weighted by Gasteiger charge is -2.19. The summed E-state index contributed by atoms with van der Waals surface area (Å²) >= 11 is 0. The van der Waals surface area contributed by atoms with Gasteiger partial charge in [0.05, 0.1) is 4.92 Å². The molecule has 0 bridgehead atoms. The van der Waals surface area contributed by atoms with E-state index in [2.05, 4.69) is 15.6 Å². The fraction of sp³-hybridized carbons (Fsp3) is 0.250. The summed E-state index contributed by atoms with van der Waals surface area (Å²) < 4.78 is 5.16. The predicted molar refractivity (Wildman–Crippen MR) is 89.5 cm³/mol. The number of anilines is 2. The second-order valence-corrected chi connectivity index (χ2v) is 6.06. The first-order chi connectivity index (χ1) is 11.2. The van der Waals surface area contributed by atoms with E-state index in [4.69, 9.17) is 4.74 Å². The lowest BCUT2D eigenvalue weighted by atomic mass is 10.1. The van der Waals surface area contributed by atoms with Crippen molar-refractivity contribution in [3.05, 3.63) is 52.8 Å². The third-order valence-electron chi connectivity index (χ3n) is 2.82. The molecule has 126 valence electrons. The van der Waals surface area contributed by atoms with Crippen LogP contribution in [0.2, 0.25) is 0 Å². The Hall–Kier alpha value is -3.16. The minimum absolute atomic E-state index is 0.123. The summed E-state index contributed by atoms with van der Waals surface area (Å²) in [6, 6.07) is 8.02. The van der Waals surface area contributed by atoms with E-state index in [1.807, 2.05) is 20.8 Å². The average Bonchev–Trinajstić information content (AvgIpc) is 2.47. The molecule has 1 amide bonds. The van der Waals surface area contributed by atoms with Gasteiger partial charge in [-0.05, 0) is 51.1 Å². The summed E-state index contributed by atoms with van der Waals surface area (Å²) in [5.41, 5.74) is 0.434. The summed E-state index contributed by atoms with van der Waals surface area (Å²) in [7, 11) is 0. The van der Waals surface area contributed by atoms with Crippen LogP contribution in [0.5, 0.6) is 5.75 Å². The van der Waals surface area contributed by atoms with Gasteiger partial charge < -0.3 is 15.4 Å². The summed E-state index contributed by atoms with van der Waals surface area (Å²) in [6.07, 6.45) is 2.09. The summed E-state index contributed by atoms with van der Waals surface area (Å²) in [5.74, 6) is 0.367. The van der Waals surface area contributed by atoms with Gasteiger partial charge in [-0.2, -0.15) is 0 Å². The Bertz CT molecular complexity index is 738. The molecule has 1 aromatic heterocycles. The fourth-order valence-corrected chi connectivity index (χ4v) is 1.84. The summed E-state index contributed by atoms with van der Waals surface area (Å²) in [5, 5.41) is 16.6. The third-order valence-corrected chi connectivity index (χ3v) is 2.82. The zero-order chi connectivity index (χ0) is 17.7. The predicted octanol–water partition coefficient (Wildman–Crippen LogP) is 3.62. The van der Waals surface area contributed by atoms with E-state index in [0.717, 1.165) is 0 Å². The highest BCUT2D eigenvalue weighted by Gasteiger charge is 2.16. The maximum Gasteiger partial charge on any atom is 0.413 e. The number of benzene rings is 1. The first-order valence-corrected chi connectivity index (χ1v) is 7.20. The number of pyridine rings is 1. The first-order valence-electron chi connectivity index (χ1n) is 7.20. The van der Waals surface area contributed by atoms with Crippen molar-refractivity contribution in [2.75, 3.05) is 5.32 Å². The van der Waals surface area contributed by atoms with Crippen molar-refractivity contribution in [2.45, 2.75) is 26.3 Å². The van der Waals surface area contributed by atoms with E-state index < -0.39 is 16.6 Å². The van der Waals surface area contributed by atoms with Crippen molar-refractivity contribution in [3.8, 4) is 5.75 Å². The van der Waals surface area contributed by atoms with Crippen molar-refractivity contribution in [1.82, 2.24) is 10.3 Å². The average molecular weight is 330 g/mol. The highest BCUT2D eigenvalue weighted by molar-refractivity contribution is 5.72. The molecule has 2 aromatic rings. The monoisotopic (exact) mass is 330 g/mol. The van der Waals surface area contributed by atoms with Crippen LogP contribution >= 0.6 is 0 Å². The Morgan fingerprint density at radius 1 is 1.21 bits per heavy atom. The van der Waals surface area contributed by atoms with Crippen LogP contribution in [0.4, 0.5) is 21.9 Å². The number of rotatable bonds is 4. The molecule has 0 radical (unpaired) electrons. The molecule has 24 heavy (non-hydrogen) atoms. The molecule has 0 aliphatic heterocycles. The van der Waals surface area contributed by atoms with Crippen LogP contribution in [0.3, 0.4) is 0 Å². The van der Waals surface area contributed by atoms with Gasteiger partial charge in [-0.15, -0.1) is 0 Å². The fourth-order valence-electron chi connectivity index (χ4n) is 1.84. The maximum atomic E-state index is 11.7. The largest absolute Gasteiger partial charge is 0.413 e. The molecule has 0 aliphatic rings. The molecule has 2 rings (SSSR count). The summed E-state index contributed by atoms with van der Waals surface area (Å²) in [6.45, 7) is 5.55. The molecule has 0 fully saturated rings. The summed E-state index contributed by atoms with van der Waals surface area (Å²) in [4.78, 5) is 25.9. The van der Waals surface area contributed by atoms with Crippen molar-refractivity contribution in [3.63, 3.8) is 0 Å². The lowest BCUT2D eigenvalue weighted by molar-refractivity contribution is -0.384. The van der Waals surface area contributed by atoms with Crippen LogP contribution in [0.25, 0.3) is 0 Å². The Balaban J connectivity index is 2.05. The molecule has 1 aromatic carbocycles. The van der Waals surface area contributed by atoms with Gasteiger partial charge in [0, 0.05) is 17.4 Å². The number of nitrogens with one attached hydrogen (secondary N) is 2. The highest BCUT2D eigenvalue weighted by Crippen LogP contribution is 2.27. The number of carbonyl (C=O) groups excluding carboxylic acids is 1. The van der Waals surface area contributed by atoms with Crippen LogP contribution in [-0.2, 0) is 0 Å². The molecule has 2 N–H and O–H groups in total. The number of nitrogens with zero attached hydrogens (tertiary/aromatic N) is 2. The SMILES string of the molecule is CC(C)(C)NC(=O)Oc1ccc(Nc2ccncc2[N+](=O)[O-])cc1. The Morgan fingerprint density at radius 3 is 2.46 bits per heavy atom. The number of amides is 1. The molecule has 0 atom stereocenters. The minimum atomic E-state index is -0.548. The van der Waals surface area contributed by atoms with Gasteiger partial charge in [-0.25, -0.2) is 4.79 Å². The molecule has 0 aliphatic carbocycles. The number of carbonyl (C=O) groups is 1. The maximum absolute atomic E-state index is 11.7. The van der Waals surface area contributed by atoms with Crippen molar-refractivity contribution >= 4 is 23.2 Å². The zero-order valence-electron chi connectivity index (χ0n) is 13.6. The second-order valence-electron chi connectivity index (χ2n) is 6.06. The number of aromatic nitrogens is 1. The highest BCUT2D eigenvalue weighted by atomic mass is 16.6. The Morgan fingerprint density at radius 2 is 1.88 bits per heavy atom. The van der Waals surface area contributed by atoms with E-state index in [-0.39, 0.29) is 5.69 Å². The van der Waals surface area contributed by atoms with Gasteiger partial charge in [0.25, 0.3) is 0 Å². The quantitative estimate of drug-likeness (QED) is 0.655. The van der Waals surface area contributed by atoms with Crippen molar-refractivity contribution in [1.29, 1.82) is 0 Å². The van der Waals surface area contributed by atoms with Crippen LogP contribution in [0, 0.1) is 10.1 Å². The van der Waals surface area contributed by atoms with Crippen LogP contribution in [0.1, 0.15) is 20.8 Å². The van der Waals surface area contributed by atoms with E-state index in [1.54, 1.807) is 24.3 Å². The topological polar surface area (TPSA) is 106 Å². The molecule has 0 unspecified atom stereocenters. The molecule has 8 heteroatoms. The van der Waals surface area contributed by atoms with Gasteiger partial charge in [0.1, 0.15) is 17.6 Å². The Labute approximate surface area is 139 Å². The minimum Gasteiger partial charge on any atom is -0.410 e. The number of ether oxygens (including phenoxy) is 1. The molecule has 8 nitrogen and oxygen atoms in total. The van der Waals surface area contributed by atoms with Crippen molar-refractivity contribution in [2.24, 2.45) is 0 Å². The van der Waals surface area contributed by atoms with Crippen LogP contribution in [0.15, 0.2) is 42.7 Å². The zero-order valence-corrected chi connectivity index (χ0v) is 13.6. The molecular weight excluding hydrogens is 312 g/mol. The first kappa shape index (κ1) is 17.2. The van der Waals surface area contributed by atoms with Crippen molar-refractivity contribution < 1.29 is 14.5 Å². The van der Waals surface area contributed by atoms with Gasteiger partial charge in [0.15, 0.2) is 0 Å². The number of nitro groups is 1. The second kappa shape index (κ2) is 6.95. The van der Waals surface area contributed by atoms with E-state index >= 15 is 0 Å². The third kappa shape index (κ3) is 4.94. The molecular formula is C16H18N4O4. The number of hydrogen-bond donors (Lipinski definition) is 2. The van der Waals surface area contributed by atoms with E-state index in [9.17, 15) is 14.9 Å². The lowest BCUT2D eigenvalue weighted by Crippen LogP contribution is -2.42. The smallest absolute Gasteiger partial charge is 0.410 e. The van der Waals surface area contributed by atoms with Gasteiger partial charge >= 0.3 is 11.8 Å². The normalized spacial score (nSPS) is 10.8. The molecule has 0 saturated heterocycles. The van der Waals surface area contributed by atoms with Crippen LogP contribution in [-0.4, -0.2) is 21.5 Å². The van der Waals surface area contributed by atoms with Crippen LogP contribution < -0.4 is 15.4 Å². The molecule has 0 spiro atoms. The standard InChI is InChI=1S/C16H18N4O4/c1-16(2,3)19-15(21)24-12-6-4-11(5-7-12)18-13-8-9-17-10-14(13)20(22)23/h4-10H,1-3H3,(H,17,18)(H,19,21). The van der Waals surface area contributed by atoms with Gasteiger partial charge in [0.2, 0.25) is 0 Å². The van der Waals surface area contributed by atoms with Gasteiger partial charge in [-0.1, -0.05) is 0 Å². The number of hydrogen-bond acceptors (Lipinski definition) is 6. The molecule has 0 saturated carbocycles. The van der Waals surface area contributed by atoms with E-state index in [1.165, 1.54) is 18.5 Å². The van der Waals surface area contributed by atoms with Gasteiger partial charge in [-0.3, -0.25) is 15.1 Å². The Kier molecular flexibility index (Phi) is 4.98. The molecule has 1 heterocycles. The van der Waals surface area contributed by atoms with E-state index in [0.29, 0.717) is 17.1 Å².